The normalized spacial score (nSPS) is 32.0. The molecule has 0 spiro atoms. The summed E-state index contributed by atoms with van der Waals surface area (Å²) < 4.78 is 0. The van der Waals surface area contributed by atoms with Gasteiger partial charge in [-0.3, -0.25) is 0 Å². The fraction of sp³-hybridized carbons (Fsp3) is 0.381. The van der Waals surface area contributed by atoms with Crippen molar-refractivity contribution < 1.29 is 9.90 Å². The number of carbonyl (C=O) groups is 1. The molecule has 2 saturated carbocycles. The van der Waals surface area contributed by atoms with E-state index in [0.29, 0.717) is 23.3 Å². The smallest absolute Gasteiger partial charge is 0.335 e. The van der Waals surface area contributed by atoms with Crippen LogP contribution in [-0.4, -0.2) is 11.1 Å². The molecule has 3 nitrogen and oxygen atoms in total. The summed E-state index contributed by atoms with van der Waals surface area (Å²) in [6.07, 6.45) is 3.85. The summed E-state index contributed by atoms with van der Waals surface area (Å²) in [5, 5.41) is 13.9. The third-order valence-corrected chi connectivity index (χ3v) is 6.82. The summed E-state index contributed by atoms with van der Waals surface area (Å²) in [7, 11) is 0. The van der Waals surface area contributed by atoms with Gasteiger partial charge in [0.05, 0.1) is 11.6 Å². The van der Waals surface area contributed by atoms with Crippen molar-refractivity contribution in [1.82, 2.24) is 0 Å². The van der Waals surface area contributed by atoms with E-state index in [4.69, 9.17) is 11.6 Å². The van der Waals surface area contributed by atoms with Gasteiger partial charge in [0.1, 0.15) is 0 Å². The minimum Gasteiger partial charge on any atom is -0.478 e. The molecule has 2 N–H and O–H groups in total. The van der Waals surface area contributed by atoms with Crippen molar-refractivity contribution in [3.63, 3.8) is 0 Å². The van der Waals surface area contributed by atoms with Gasteiger partial charge in [0.2, 0.25) is 0 Å². The van der Waals surface area contributed by atoms with E-state index in [1.54, 1.807) is 6.07 Å². The van der Waals surface area contributed by atoms with Crippen LogP contribution in [0.15, 0.2) is 42.5 Å². The largest absolute Gasteiger partial charge is 0.478 e. The van der Waals surface area contributed by atoms with Crippen molar-refractivity contribution in [1.29, 1.82) is 0 Å². The highest BCUT2D eigenvalue weighted by Crippen LogP contribution is 2.63. The lowest BCUT2D eigenvalue weighted by Gasteiger charge is -2.43. The van der Waals surface area contributed by atoms with E-state index in [9.17, 15) is 9.90 Å². The number of nitrogens with one attached hydrogen (secondary N) is 1. The van der Waals surface area contributed by atoms with Crippen molar-refractivity contribution in [2.24, 2.45) is 17.8 Å². The Labute approximate surface area is 152 Å². The van der Waals surface area contributed by atoms with E-state index in [2.05, 4.69) is 17.4 Å². The monoisotopic (exact) mass is 353 g/mol. The van der Waals surface area contributed by atoms with Gasteiger partial charge >= 0.3 is 5.97 Å². The lowest BCUT2D eigenvalue weighted by Crippen LogP contribution is -2.35. The molecule has 3 aliphatic rings. The molecule has 0 aromatic heterocycles. The van der Waals surface area contributed by atoms with E-state index < -0.39 is 5.97 Å². The van der Waals surface area contributed by atoms with Crippen LogP contribution in [0.5, 0.6) is 0 Å². The highest BCUT2D eigenvalue weighted by molar-refractivity contribution is 6.30. The molecule has 0 amide bonds. The molecular formula is C21H20ClNO2. The molecule has 2 aliphatic carbocycles. The second-order valence-electron chi connectivity index (χ2n) is 7.72. The van der Waals surface area contributed by atoms with Crippen LogP contribution < -0.4 is 5.32 Å². The van der Waals surface area contributed by atoms with Gasteiger partial charge in [0.25, 0.3) is 0 Å². The molecule has 2 fully saturated rings. The summed E-state index contributed by atoms with van der Waals surface area (Å²) >= 11 is 6.08. The lowest BCUT2D eigenvalue weighted by atomic mass is 9.68. The summed E-state index contributed by atoms with van der Waals surface area (Å²) in [4.78, 5) is 11.4. The van der Waals surface area contributed by atoms with Crippen LogP contribution in [0.1, 0.15) is 52.7 Å². The van der Waals surface area contributed by atoms with Gasteiger partial charge in [-0.1, -0.05) is 23.7 Å². The molecule has 2 bridgehead atoms. The van der Waals surface area contributed by atoms with Gasteiger partial charge in [-0.15, -0.1) is 0 Å². The van der Waals surface area contributed by atoms with Crippen LogP contribution in [0, 0.1) is 17.8 Å². The van der Waals surface area contributed by atoms with Crippen molar-refractivity contribution in [3.05, 3.63) is 64.2 Å². The SMILES string of the molecule is O=C(O)c1ccc2c(c1)C1C3CCC(C3)C1C(c1ccc(Cl)cc1)N2. The van der Waals surface area contributed by atoms with Crippen LogP contribution in [0.4, 0.5) is 5.69 Å². The van der Waals surface area contributed by atoms with Gasteiger partial charge in [0, 0.05) is 10.7 Å². The first-order valence-electron chi connectivity index (χ1n) is 9.01. The number of carboxylic acids is 1. The van der Waals surface area contributed by atoms with Crippen molar-refractivity contribution in [2.75, 3.05) is 5.32 Å². The quantitative estimate of drug-likeness (QED) is 0.766. The van der Waals surface area contributed by atoms with Gasteiger partial charge < -0.3 is 10.4 Å². The Morgan fingerprint density at radius 3 is 2.60 bits per heavy atom. The Bertz CT molecular complexity index is 847. The fourth-order valence-corrected chi connectivity index (χ4v) is 5.75. The Balaban J connectivity index is 1.62. The van der Waals surface area contributed by atoms with E-state index in [1.807, 2.05) is 24.3 Å². The second kappa shape index (κ2) is 5.50. The molecular weight excluding hydrogens is 334 g/mol. The number of anilines is 1. The summed E-state index contributed by atoms with van der Waals surface area (Å²) in [6, 6.07) is 14.0. The van der Waals surface area contributed by atoms with Gasteiger partial charge in [-0.25, -0.2) is 4.79 Å². The van der Waals surface area contributed by atoms with Crippen LogP contribution in [0.25, 0.3) is 0 Å². The van der Waals surface area contributed by atoms with Crippen LogP contribution >= 0.6 is 11.6 Å². The van der Waals surface area contributed by atoms with Crippen LogP contribution in [-0.2, 0) is 0 Å². The Morgan fingerprint density at radius 2 is 1.84 bits per heavy atom. The van der Waals surface area contributed by atoms with Gasteiger partial charge in [0.15, 0.2) is 0 Å². The maximum Gasteiger partial charge on any atom is 0.335 e. The minimum absolute atomic E-state index is 0.278. The molecule has 0 radical (unpaired) electrons. The van der Waals surface area contributed by atoms with Crippen LogP contribution in [0.2, 0.25) is 5.02 Å². The van der Waals surface area contributed by atoms with Crippen molar-refractivity contribution in [3.8, 4) is 0 Å². The van der Waals surface area contributed by atoms with E-state index in [1.165, 1.54) is 30.4 Å². The van der Waals surface area contributed by atoms with Crippen molar-refractivity contribution >= 4 is 23.3 Å². The average Bonchev–Trinajstić information content (AvgIpc) is 3.23. The molecule has 5 rings (SSSR count). The third kappa shape index (κ3) is 2.29. The number of rotatable bonds is 2. The molecule has 1 heterocycles. The summed E-state index contributed by atoms with van der Waals surface area (Å²) in [5.74, 6) is 1.58. The summed E-state index contributed by atoms with van der Waals surface area (Å²) in [5.41, 5.74) is 3.98. The molecule has 2 aromatic carbocycles. The van der Waals surface area contributed by atoms with Gasteiger partial charge in [-0.05, 0) is 84.4 Å². The Morgan fingerprint density at radius 1 is 1.08 bits per heavy atom. The molecule has 5 atom stereocenters. The maximum atomic E-state index is 11.4. The number of halogens is 1. The molecule has 1 aliphatic heterocycles. The third-order valence-electron chi connectivity index (χ3n) is 6.56. The number of carboxylic acid groups (broad SMARTS) is 1. The molecule has 25 heavy (non-hydrogen) atoms. The zero-order chi connectivity index (χ0) is 17.1. The maximum absolute atomic E-state index is 11.4. The number of aromatic carboxylic acids is 1. The molecule has 5 unspecified atom stereocenters. The second-order valence-corrected chi connectivity index (χ2v) is 8.15. The van der Waals surface area contributed by atoms with Crippen LogP contribution in [0.3, 0.4) is 0 Å². The first-order chi connectivity index (χ1) is 12.1. The molecule has 128 valence electrons. The Kier molecular flexibility index (Phi) is 3.36. The predicted octanol–water partition coefficient (Wildman–Crippen LogP) is 5.33. The van der Waals surface area contributed by atoms with E-state index in [0.717, 1.165) is 16.6 Å². The lowest BCUT2D eigenvalue weighted by molar-refractivity contribution is 0.0696. The number of hydrogen-bond acceptors (Lipinski definition) is 2. The van der Waals surface area contributed by atoms with E-state index in [-0.39, 0.29) is 6.04 Å². The van der Waals surface area contributed by atoms with E-state index >= 15 is 0 Å². The summed E-state index contributed by atoms with van der Waals surface area (Å²) in [6.45, 7) is 0. The molecule has 0 saturated heterocycles. The standard InChI is InChI=1S/C21H20ClNO2/c22-15-6-3-11(4-7-15)20-19-13-2-1-12(9-13)18(19)16-10-14(21(24)25)5-8-17(16)23-20/h3-8,10,12-13,18-20,23H,1-2,9H2,(H,24,25). The topological polar surface area (TPSA) is 49.3 Å². The number of benzene rings is 2. The first-order valence-corrected chi connectivity index (χ1v) is 9.39. The molecule has 2 aromatic rings. The average molecular weight is 354 g/mol. The number of fused-ring (bicyclic) bond motifs is 7. The van der Waals surface area contributed by atoms with Crippen molar-refractivity contribution in [2.45, 2.75) is 31.2 Å². The fourth-order valence-electron chi connectivity index (χ4n) is 5.62. The highest BCUT2D eigenvalue weighted by Gasteiger charge is 2.53. The Hall–Kier alpha value is -2.00. The predicted molar refractivity (Wildman–Crippen MR) is 98.3 cm³/mol. The first kappa shape index (κ1) is 15.3. The zero-order valence-corrected chi connectivity index (χ0v) is 14.5. The molecule has 4 heteroatoms. The van der Waals surface area contributed by atoms with Gasteiger partial charge in [-0.2, -0.15) is 0 Å². The zero-order valence-electron chi connectivity index (χ0n) is 13.8. The highest BCUT2D eigenvalue weighted by atomic mass is 35.5. The number of hydrogen-bond donors (Lipinski definition) is 2. The minimum atomic E-state index is -0.845.